The number of hydrogen-bond acceptors (Lipinski definition) is 2. The first-order valence-electron chi connectivity index (χ1n) is 6.41. The largest absolute Gasteiger partial charge is 0.389 e. The van der Waals surface area contributed by atoms with Gasteiger partial charge in [-0.3, -0.25) is 0 Å². The number of rotatable bonds is 4. The molecule has 4 heteroatoms. The molecule has 0 saturated heterocycles. The van der Waals surface area contributed by atoms with Crippen molar-refractivity contribution in [2.45, 2.75) is 19.6 Å². The summed E-state index contributed by atoms with van der Waals surface area (Å²) in [4.78, 5) is 1.94. The summed E-state index contributed by atoms with van der Waals surface area (Å²) in [6, 6.07) is 12.8. The van der Waals surface area contributed by atoms with Crippen LogP contribution in [-0.4, -0.2) is 12.2 Å². The number of halogens is 2. The van der Waals surface area contributed by atoms with Gasteiger partial charge in [-0.05, 0) is 36.8 Å². The molecule has 1 atom stereocenters. The van der Waals surface area contributed by atoms with Gasteiger partial charge in [0.25, 0.3) is 0 Å². The van der Waals surface area contributed by atoms with Crippen LogP contribution in [0, 0.1) is 5.82 Å². The van der Waals surface area contributed by atoms with Crippen LogP contribution in [0.25, 0.3) is 0 Å². The minimum Gasteiger partial charge on any atom is -0.389 e. The fourth-order valence-electron chi connectivity index (χ4n) is 2.22. The van der Waals surface area contributed by atoms with Crippen molar-refractivity contribution in [1.29, 1.82) is 0 Å². The van der Waals surface area contributed by atoms with Gasteiger partial charge < -0.3 is 10.0 Å². The predicted octanol–water partition coefficient (Wildman–Crippen LogP) is 4.28. The van der Waals surface area contributed by atoms with E-state index in [2.05, 4.69) is 15.9 Å². The Kier molecular flexibility index (Phi) is 4.78. The van der Waals surface area contributed by atoms with E-state index in [4.69, 9.17) is 0 Å². The van der Waals surface area contributed by atoms with Gasteiger partial charge in [0.15, 0.2) is 0 Å². The van der Waals surface area contributed by atoms with Crippen molar-refractivity contribution in [2.75, 3.05) is 11.9 Å². The van der Waals surface area contributed by atoms with E-state index in [1.54, 1.807) is 13.0 Å². The second kappa shape index (κ2) is 6.37. The molecule has 0 spiro atoms. The van der Waals surface area contributed by atoms with Crippen LogP contribution >= 0.6 is 15.9 Å². The molecule has 0 saturated carbocycles. The molecule has 2 aromatic carbocycles. The molecule has 0 fully saturated rings. The Bertz CT molecular complexity index is 584. The van der Waals surface area contributed by atoms with Crippen LogP contribution in [0.15, 0.2) is 46.9 Å². The zero-order valence-electron chi connectivity index (χ0n) is 11.5. The van der Waals surface area contributed by atoms with Crippen LogP contribution < -0.4 is 4.90 Å². The average Bonchev–Trinajstić information content (AvgIpc) is 2.40. The SMILES string of the molecule is CC(O)c1c(F)cccc1N(C)Cc1ccc(Br)cc1. The van der Waals surface area contributed by atoms with E-state index in [1.165, 1.54) is 6.07 Å². The molecule has 1 N–H and O–H groups in total. The van der Waals surface area contributed by atoms with Gasteiger partial charge in [0.05, 0.1) is 6.10 Å². The monoisotopic (exact) mass is 337 g/mol. The highest BCUT2D eigenvalue weighted by atomic mass is 79.9. The minimum absolute atomic E-state index is 0.340. The maximum Gasteiger partial charge on any atom is 0.131 e. The fourth-order valence-corrected chi connectivity index (χ4v) is 2.49. The van der Waals surface area contributed by atoms with E-state index in [-0.39, 0.29) is 5.82 Å². The highest BCUT2D eigenvalue weighted by Crippen LogP contribution is 2.29. The van der Waals surface area contributed by atoms with E-state index >= 15 is 0 Å². The van der Waals surface area contributed by atoms with E-state index in [0.29, 0.717) is 17.8 Å². The van der Waals surface area contributed by atoms with Crippen molar-refractivity contribution in [3.8, 4) is 0 Å². The lowest BCUT2D eigenvalue weighted by molar-refractivity contribution is 0.194. The molecule has 2 aromatic rings. The summed E-state index contributed by atoms with van der Waals surface area (Å²) in [5.41, 5.74) is 2.17. The summed E-state index contributed by atoms with van der Waals surface area (Å²) in [6.07, 6.45) is -0.835. The third-order valence-corrected chi connectivity index (χ3v) is 3.72. The molecule has 1 unspecified atom stereocenters. The predicted molar refractivity (Wildman–Crippen MR) is 83.3 cm³/mol. The summed E-state index contributed by atoms with van der Waals surface area (Å²) >= 11 is 3.40. The Morgan fingerprint density at radius 1 is 1.20 bits per heavy atom. The molecule has 106 valence electrons. The van der Waals surface area contributed by atoms with Gasteiger partial charge in [0.2, 0.25) is 0 Å². The number of aliphatic hydroxyl groups is 1. The van der Waals surface area contributed by atoms with E-state index in [0.717, 1.165) is 10.0 Å². The summed E-state index contributed by atoms with van der Waals surface area (Å²) in [5.74, 6) is -0.375. The fraction of sp³-hybridized carbons (Fsp3) is 0.250. The van der Waals surface area contributed by atoms with Gasteiger partial charge in [0, 0.05) is 29.3 Å². The molecule has 0 radical (unpaired) electrons. The van der Waals surface area contributed by atoms with Gasteiger partial charge in [-0.1, -0.05) is 34.1 Å². The van der Waals surface area contributed by atoms with Crippen LogP contribution in [0.2, 0.25) is 0 Å². The summed E-state index contributed by atoms with van der Waals surface area (Å²) < 4.78 is 14.9. The molecule has 0 amide bonds. The lowest BCUT2D eigenvalue weighted by Crippen LogP contribution is -2.19. The smallest absolute Gasteiger partial charge is 0.131 e. The Labute approximate surface area is 127 Å². The Morgan fingerprint density at radius 3 is 2.45 bits per heavy atom. The van der Waals surface area contributed by atoms with Crippen molar-refractivity contribution < 1.29 is 9.50 Å². The molecule has 0 aliphatic rings. The number of nitrogens with zero attached hydrogens (tertiary/aromatic N) is 1. The van der Waals surface area contributed by atoms with Crippen LogP contribution in [0.1, 0.15) is 24.2 Å². The highest BCUT2D eigenvalue weighted by molar-refractivity contribution is 9.10. The first kappa shape index (κ1) is 15.0. The van der Waals surface area contributed by atoms with Crippen molar-refractivity contribution in [3.05, 3.63) is 63.9 Å². The molecule has 0 aromatic heterocycles. The summed E-state index contributed by atoms with van der Waals surface area (Å²) in [5, 5.41) is 9.76. The second-order valence-electron chi connectivity index (χ2n) is 4.83. The molecule has 0 bridgehead atoms. The van der Waals surface area contributed by atoms with Crippen LogP contribution in [-0.2, 0) is 6.54 Å². The average molecular weight is 338 g/mol. The first-order valence-corrected chi connectivity index (χ1v) is 7.20. The van der Waals surface area contributed by atoms with Gasteiger partial charge in [-0.15, -0.1) is 0 Å². The third-order valence-electron chi connectivity index (χ3n) is 3.19. The number of aliphatic hydroxyl groups excluding tert-OH is 1. The Hall–Kier alpha value is -1.39. The second-order valence-corrected chi connectivity index (χ2v) is 5.75. The van der Waals surface area contributed by atoms with E-state index < -0.39 is 6.10 Å². The molecular weight excluding hydrogens is 321 g/mol. The summed E-state index contributed by atoms with van der Waals surface area (Å²) in [7, 11) is 1.89. The van der Waals surface area contributed by atoms with Gasteiger partial charge in [-0.2, -0.15) is 0 Å². The molecular formula is C16H17BrFNO. The van der Waals surface area contributed by atoms with E-state index in [9.17, 15) is 9.50 Å². The summed E-state index contributed by atoms with van der Waals surface area (Å²) in [6.45, 7) is 2.23. The first-order chi connectivity index (χ1) is 9.49. The lowest BCUT2D eigenvalue weighted by atomic mass is 10.1. The Balaban J connectivity index is 2.27. The molecule has 2 rings (SSSR count). The number of anilines is 1. The highest BCUT2D eigenvalue weighted by Gasteiger charge is 2.16. The zero-order chi connectivity index (χ0) is 14.7. The maximum absolute atomic E-state index is 13.9. The van der Waals surface area contributed by atoms with Crippen LogP contribution in [0.5, 0.6) is 0 Å². The normalized spacial score (nSPS) is 12.2. The van der Waals surface area contributed by atoms with E-state index in [1.807, 2.05) is 42.3 Å². The van der Waals surface area contributed by atoms with Crippen LogP contribution in [0.4, 0.5) is 10.1 Å². The molecule has 0 aliphatic carbocycles. The number of benzene rings is 2. The van der Waals surface area contributed by atoms with Crippen molar-refractivity contribution in [2.24, 2.45) is 0 Å². The molecule has 0 heterocycles. The molecule has 0 aliphatic heterocycles. The maximum atomic E-state index is 13.9. The molecule has 2 nitrogen and oxygen atoms in total. The quantitative estimate of drug-likeness (QED) is 0.900. The number of hydrogen-bond donors (Lipinski definition) is 1. The van der Waals surface area contributed by atoms with Crippen molar-refractivity contribution in [1.82, 2.24) is 0 Å². The van der Waals surface area contributed by atoms with Crippen molar-refractivity contribution in [3.63, 3.8) is 0 Å². The topological polar surface area (TPSA) is 23.5 Å². The minimum atomic E-state index is -0.835. The standard InChI is InChI=1S/C16H17BrFNO/c1-11(20)16-14(18)4-3-5-15(16)19(2)10-12-6-8-13(17)9-7-12/h3-9,11,20H,10H2,1-2H3. The van der Waals surface area contributed by atoms with Crippen molar-refractivity contribution >= 4 is 21.6 Å². The zero-order valence-corrected chi connectivity index (χ0v) is 13.1. The Morgan fingerprint density at radius 2 is 1.85 bits per heavy atom. The van der Waals surface area contributed by atoms with Gasteiger partial charge in [-0.25, -0.2) is 4.39 Å². The third kappa shape index (κ3) is 3.38. The van der Waals surface area contributed by atoms with Gasteiger partial charge >= 0.3 is 0 Å². The lowest BCUT2D eigenvalue weighted by Gasteiger charge is -2.24. The molecule has 20 heavy (non-hydrogen) atoms. The van der Waals surface area contributed by atoms with Gasteiger partial charge in [0.1, 0.15) is 5.82 Å². The van der Waals surface area contributed by atoms with Crippen LogP contribution in [0.3, 0.4) is 0 Å².